The zero-order chi connectivity index (χ0) is 10.6. The van der Waals surface area contributed by atoms with Gasteiger partial charge in [-0.3, -0.25) is 9.59 Å². The van der Waals surface area contributed by atoms with Gasteiger partial charge < -0.3 is 10.2 Å². The lowest BCUT2D eigenvalue weighted by atomic mass is 9.85. The average Bonchev–Trinajstić information content (AvgIpc) is 1.99. The Bertz CT molecular complexity index is 250. The molecule has 0 radical (unpaired) electrons. The zero-order valence-corrected chi connectivity index (χ0v) is 8.00. The van der Waals surface area contributed by atoms with Crippen LogP contribution in [0.25, 0.3) is 0 Å². The molecule has 4 heteroatoms. The fraction of sp³-hybridized carbons (Fsp3) is 0.556. The summed E-state index contributed by atoms with van der Waals surface area (Å²) in [4.78, 5) is 20.9. The molecule has 0 aliphatic rings. The highest BCUT2D eigenvalue weighted by molar-refractivity contribution is 5.78. The number of carboxylic acids is 2. The van der Waals surface area contributed by atoms with Gasteiger partial charge in [-0.2, -0.15) is 0 Å². The molecule has 0 aromatic heterocycles. The van der Waals surface area contributed by atoms with Crippen LogP contribution < -0.4 is 0 Å². The predicted molar refractivity (Wildman–Crippen MR) is 47.4 cm³/mol. The lowest BCUT2D eigenvalue weighted by molar-refractivity contribution is -0.145. The van der Waals surface area contributed by atoms with Crippen molar-refractivity contribution in [3.05, 3.63) is 11.6 Å². The molecule has 0 aromatic rings. The lowest BCUT2D eigenvalue weighted by Gasteiger charge is -2.19. The van der Waals surface area contributed by atoms with E-state index in [2.05, 4.69) is 0 Å². The van der Waals surface area contributed by atoms with Crippen molar-refractivity contribution in [3.8, 4) is 0 Å². The maximum Gasteiger partial charge on any atom is 0.313 e. The number of hydrogen-bond donors (Lipinski definition) is 2. The van der Waals surface area contributed by atoms with Crippen LogP contribution >= 0.6 is 0 Å². The molecule has 0 bridgehead atoms. The molecule has 0 spiro atoms. The van der Waals surface area contributed by atoms with E-state index < -0.39 is 17.4 Å². The van der Waals surface area contributed by atoms with Gasteiger partial charge in [0, 0.05) is 0 Å². The number of carboxylic acid groups (broad SMARTS) is 2. The first-order chi connectivity index (χ1) is 5.78. The van der Waals surface area contributed by atoms with Gasteiger partial charge >= 0.3 is 11.9 Å². The summed E-state index contributed by atoms with van der Waals surface area (Å²) in [7, 11) is 0. The Morgan fingerprint density at radius 3 is 2.08 bits per heavy atom. The third-order valence-electron chi connectivity index (χ3n) is 2.10. The molecular formula is C9H14O4. The van der Waals surface area contributed by atoms with Crippen LogP contribution in [0.2, 0.25) is 0 Å². The fourth-order valence-corrected chi connectivity index (χ4v) is 0.664. The number of carbonyl (C=O) groups is 2. The molecule has 0 aromatic carbocycles. The molecule has 4 nitrogen and oxygen atoms in total. The molecule has 13 heavy (non-hydrogen) atoms. The van der Waals surface area contributed by atoms with Crippen molar-refractivity contribution in [1.82, 2.24) is 0 Å². The van der Waals surface area contributed by atoms with Gasteiger partial charge in [-0.05, 0) is 20.8 Å². The SMILES string of the molecule is C/C(=C\CC(=O)O)C(C)(C)C(=O)O. The summed E-state index contributed by atoms with van der Waals surface area (Å²) >= 11 is 0. The fourth-order valence-electron chi connectivity index (χ4n) is 0.664. The molecule has 0 atom stereocenters. The quantitative estimate of drug-likeness (QED) is 0.653. The topological polar surface area (TPSA) is 74.6 Å². The van der Waals surface area contributed by atoms with Crippen LogP contribution in [0.4, 0.5) is 0 Å². The van der Waals surface area contributed by atoms with E-state index in [-0.39, 0.29) is 6.42 Å². The van der Waals surface area contributed by atoms with Gasteiger partial charge in [0.2, 0.25) is 0 Å². The van der Waals surface area contributed by atoms with Gasteiger partial charge in [0.15, 0.2) is 0 Å². The Labute approximate surface area is 76.9 Å². The Hall–Kier alpha value is -1.32. The second-order valence-corrected chi connectivity index (χ2v) is 3.42. The van der Waals surface area contributed by atoms with E-state index in [4.69, 9.17) is 10.2 Å². The molecular weight excluding hydrogens is 172 g/mol. The highest BCUT2D eigenvalue weighted by Gasteiger charge is 2.28. The van der Waals surface area contributed by atoms with Gasteiger partial charge in [0.1, 0.15) is 0 Å². The summed E-state index contributed by atoms with van der Waals surface area (Å²) in [5.41, 5.74) is -0.433. The molecule has 74 valence electrons. The van der Waals surface area contributed by atoms with E-state index in [0.29, 0.717) is 5.57 Å². The van der Waals surface area contributed by atoms with Crippen LogP contribution in [-0.4, -0.2) is 22.2 Å². The van der Waals surface area contributed by atoms with E-state index in [1.54, 1.807) is 20.8 Å². The zero-order valence-electron chi connectivity index (χ0n) is 8.00. The molecule has 0 heterocycles. The van der Waals surface area contributed by atoms with Crippen LogP contribution in [0.5, 0.6) is 0 Å². The first-order valence-electron chi connectivity index (χ1n) is 3.91. The number of aliphatic carboxylic acids is 2. The van der Waals surface area contributed by atoms with Gasteiger partial charge in [-0.1, -0.05) is 11.6 Å². The summed E-state index contributed by atoms with van der Waals surface area (Å²) in [6.07, 6.45) is 1.29. The minimum absolute atomic E-state index is 0.136. The van der Waals surface area contributed by atoms with Gasteiger partial charge in [0.05, 0.1) is 11.8 Å². The van der Waals surface area contributed by atoms with Crippen molar-refractivity contribution in [3.63, 3.8) is 0 Å². The molecule has 0 fully saturated rings. The van der Waals surface area contributed by atoms with E-state index in [1.165, 1.54) is 6.08 Å². The van der Waals surface area contributed by atoms with E-state index in [1.807, 2.05) is 0 Å². The van der Waals surface area contributed by atoms with Crippen molar-refractivity contribution >= 4 is 11.9 Å². The molecule has 0 amide bonds. The summed E-state index contributed by atoms with van der Waals surface area (Å²) in [6.45, 7) is 4.71. The van der Waals surface area contributed by atoms with E-state index in [0.717, 1.165) is 0 Å². The van der Waals surface area contributed by atoms with Crippen molar-refractivity contribution in [1.29, 1.82) is 0 Å². The molecule has 0 unspecified atom stereocenters. The third kappa shape index (κ3) is 3.27. The van der Waals surface area contributed by atoms with Crippen LogP contribution in [0, 0.1) is 5.41 Å². The standard InChI is InChI=1S/C9H14O4/c1-6(4-5-7(10)11)9(2,3)8(12)13/h4H,5H2,1-3H3,(H,10,11)(H,12,13)/b6-4+. The first kappa shape index (κ1) is 11.7. The summed E-state index contributed by atoms with van der Waals surface area (Å²) in [5.74, 6) is -1.91. The number of rotatable bonds is 4. The molecule has 0 saturated heterocycles. The summed E-state index contributed by atoms with van der Waals surface area (Å²) in [5, 5.41) is 17.2. The Morgan fingerprint density at radius 2 is 1.77 bits per heavy atom. The van der Waals surface area contributed by atoms with Crippen molar-refractivity contribution < 1.29 is 19.8 Å². The Morgan fingerprint density at radius 1 is 1.31 bits per heavy atom. The highest BCUT2D eigenvalue weighted by atomic mass is 16.4. The van der Waals surface area contributed by atoms with Crippen molar-refractivity contribution in [2.75, 3.05) is 0 Å². The van der Waals surface area contributed by atoms with Crippen LogP contribution in [0.15, 0.2) is 11.6 Å². The molecule has 0 aliphatic heterocycles. The second-order valence-electron chi connectivity index (χ2n) is 3.42. The van der Waals surface area contributed by atoms with Gasteiger partial charge in [-0.25, -0.2) is 0 Å². The lowest BCUT2D eigenvalue weighted by Crippen LogP contribution is -2.24. The molecule has 0 aliphatic carbocycles. The minimum atomic E-state index is -0.991. The minimum Gasteiger partial charge on any atom is -0.481 e. The first-order valence-corrected chi connectivity index (χ1v) is 3.91. The summed E-state index contributed by atoms with van der Waals surface area (Å²) < 4.78 is 0. The normalized spacial score (nSPS) is 12.7. The van der Waals surface area contributed by atoms with Crippen molar-refractivity contribution in [2.24, 2.45) is 5.41 Å². The van der Waals surface area contributed by atoms with Crippen LogP contribution in [0.1, 0.15) is 27.2 Å². The van der Waals surface area contributed by atoms with Crippen molar-refractivity contribution in [2.45, 2.75) is 27.2 Å². The van der Waals surface area contributed by atoms with E-state index in [9.17, 15) is 9.59 Å². The second kappa shape index (κ2) is 4.07. The van der Waals surface area contributed by atoms with Gasteiger partial charge in [-0.15, -0.1) is 0 Å². The van der Waals surface area contributed by atoms with Gasteiger partial charge in [0.25, 0.3) is 0 Å². The monoisotopic (exact) mass is 186 g/mol. The molecule has 0 rings (SSSR count). The Kier molecular flexibility index (Phi) is 3.66. The maximum atomic E-state index is 10.7. The van der Waals surface area contributed by atoms with Crippen LogP contribution in [0.3, 0.4) is 0 Å². The molecule has 0 saturated carbocycles. The maximum absolute atomic E-state index is 10.7. The Balaban J connectivity index is 4.57. The smallest absolute Gasteiger partial charge is 0.313 e. The predicted octanol–water partition coefficient (Wildman–Crippen LogP) is 1.52. The third-order valence-corrected chi connectivity index (χ3v) is 2.10. The molecule has 2 N–H and O–H groups in total. The number of hydrogen-bond acceptors (Lipinski definition) is 2. The van der Waals surface area contributed by atoms with E-state index >= 15 is 0 Å². The summed E-state index contributed by atoms with van der Waals surface area (Å²) in [6, 6.07) is 0. The average molecular weight is 186 g/mol. The largest absolute Gasteiger partial charge is 0.481 e. The van der Waals surface area contributed by atoms with Crippen LogP contribution in [-0.2, 0) is 9.59 Å². The highest BCUT2D eigenvalue weighted by Crippen LogP contribution is 2.26.